The van der Waals surface area contributed by atoms with Crippen molar-refractivity contribution in [2.45, 2.75) is 20.1 Å². The van der Waals surface area contributed by atoms with Crippen LogP contribution in [-0.4, -0.2) is 16.1 Å². The number of aryl methyl sites for hydroxylation is 1. The van der Waals surface area contributed by atoms with Crippen LogP contribution < -0.4 is 4.74 Å². The molecule has 1 heterocycles. The maximum absolute atomic E-state index is 10.6. The van der Waals surface area contributed by atoms with E-state index in [1.165, 1.54) is 0 Å². The number of aldehydes is 1. The molecule has 1 aromatic carbocycles. The van der Waals surface area contributed by atoms with Gasteiger partial charge in [0.15, 0.2) is 0 Å². The molecule has 0 aliphatic carbocycles. The van der Waals surface area contributed by atoms with Crippen molar-refractivity contribution in [2.75, 3.05) is 0 Å². The molecule has 2 aromatic rings. The highest BCUT2D eigenvalue weighted by Crippen LogP contribution is 2.26. The molecule has 0 aliphatic rings. The van der Waals surface area contributed by atoms with Gasteiger partial charge in [0, 0.05) is 18.3 Å². The van der Waals surface area contributed by atoms with E-state index < -0.39 is 0 Å². The minimum absolute atomic E-state index is 0.409. The van der Waals surface area contributed by atoms with Gasteiger partial charge >= 0.3 is 0 Å². The topological polar surface area (TPSA) is 44.1 Å². The van der Waals surface area contributed by atoms with Crippen LogP contribution in [0.3, 0.4) is 0 Å². The molecule has 18 heavy (non-hydrogen) atoms. The second kappa shape index (κ2) is 5.82. The van der Waals surface area contributed by atoms with Crippen molar-refractivity contribution in [1.82, 2.24) is 9.78 Å². The van der Waals surface area contributed by atoms with Crippen LogP contribution >= 0.6 is 15.9 Å². The minimum atomic E-state index is 0.409. The lowest BCUT2D eigenvalue weighted by molar-refractivity contribution is 0.112. The molecule has 0 radical (unpaired) electrons. The third kappa shape index (κ3) is 2.98. The van der Waals surface area contributed by atoms with Crippen LogP contribution in [0.4, 0.5) is 0 Å². The second-order valence-electron chi connectivity index (χ2n) is 3.76. The molecular formula is C13H13BrN2O2. The smallest absolute Gasteiger partial charge is 0.150 e. The monoisotopic (exact) mass is 308 g/mol. The van der Waals surface area contributed by atoms with Crippen molar-refractivity contribution in [2.24, 2.45) is 0 Å². The van der Waals surface area contributed by atoms with Crippen molar-refractivity contribution in [3.63, 3.8) is 0 Å². The summed E-state index contributed by atoms with van der Waals surface area (Å²) in [7, 11) is 0. The normalized spacial score (nSPS) is 10.3. The molecule has 0 spiro atoms. The summed E-state index contributed by atoms with van der Waals surface area (Å²) in [5, 5.41) is 4.33. The van der Waals surface area contributed by atoms with Gasteiger partial charge in [-0.25, -0.2) is 0 Å². The van der Waals surface area contributed by atoms with Gasteiger partial charge in [0.25, 0.3) is 0 Å². The van der Waals surface area contributed by atoms with E-state index in [-0.39, 0.29) is 0 Å². The van der Waals surface area contributed by atoms with Crippen LogP contribution in [0.1, 0.15) is 23.0 Å². The summed E-state index contributed by atoms with van der Waals surface area (Å²) in [5.41, 5.74) is 1.49. The number of nitrogens with zero attached hydrogens (tertiary/aromatic N) is 2. The second-order valence-corrected chi connectivity index (χ2v) is 4.61. The van der Waals surface area contributed by atoms with Gasteiger partial charge in [-0.3, -0.25) is 9.48 Å². The fraction of sp³-hybridized carbons (Fsp3) is 0.231. The molecule has 0 aliphatic heterocycles. The number of hydrogen-bond donors (Lipinski definition) is 0. The Morgan fingerprint density at radius 3 is 2.89 bits per heavy atom. The molecular weight excluding hydrogens is 296 g/mol. The maximum Gasteiger partial charge on any atom is 0.150 e. The van der Waals surface area contributed by atoms with Crippen LogP contribution in [0, 0.1) is 0 Å². The Kier molecular flexibility index (Phi) is 4.15. The molecule has 0 bridgehead atoms. The highest BCUT2D eigenvalue weighted by Gasteiger charge is 2.04. The van der Waals surface area contributed by atoms with Crippen LogP contribution in [0.5, 0.6) is 5.75 Å². The summed E-state index contributed by atoms with van der Waals surface area (Å²) >= 11 is 3.37. The highest BCUT2D eigenvalue weighted by molar-refractivity contribution is 9.10. The number of benzene rings is 1. The van der Waals surface area contributed by atoms with E-state index in [4.69, 9.17) is 4.74 Å². The van der Waals surface area contributed by atoms with Gasteiger partial charge in [-0.2, -0.15) is 5.10 Å². The Labute approximate surface area is 114 Å². The summed E-state index contributed by atoms with van der Waals surface area (Å²) in [6.45, 7) is 3.29. The molecule has 0 atom stereocenters. The third-order valence-electron chi connectivity index (χ3n) is 2.49. The first-order valence-electron chi connectivity index (χ1n) is 5.62. The molecule has 5 heteroatoms. The zero-order valence-corrected chi connectivity index (χ0v) is 11.6. The van der Waals surface area contributed by atoms with Crippen molar-refractivity contribution in [3.05, 3.63) is 46.2 Å². The van der Waals surface area contributed by atoms with Crippen LogP contribution in [0.15, 0.2) is 34.9 Å². The quantitative estimate of drug-likeness (QED) is 0.797. The lowest BCUT2D eigenvalue weighted by atomic mass is 10.2. The Bertz CT molecular complexity index is 552. The number of ether oxygens (including phenoxy) is 1. The van der Waals surface area contributed by atoms with Crippen LogP contribution in [0.25, 0.3) is 0 Å². The van der Waals surface area contributed by atoms with Crippen molar-refractivity contribution >= 4 is 22.2 Å². The van der Waals surface area contributed by atoms with Gasteiger partial charge in [-0.15, -0.1) is 0 Å². The van der Waals surface area contributed by atoms with Gasteiger partial charge < -0.3 is 4.74 Å². The van der Waals surface area contributed by atoms with E-state index >= 15 is 0 Å². The number of aromatic nitrogens is 2. The molecule has 0 N–H and O–H groups in total. The fourth-order valence-corrected chi connectivity index (χ4v) is 2.03. The molecule has 0 saturated carbocycles. The summed E-state index contributed by atoms with van der Waals surface area (Å²) in [6, 6.07) is 7.15. The molecule has 2 rings (SSSR count). The first-order valence-corrected chi connectivity index (χ1v) is 6.42. The average Bonchev–Trinajstić information content (AvgIpc) is 2.85. The number of rotatable bonds is 5. The van der Waals surface area contributed by atoms with Gasteiger partial charge in [-0.05, 0) is 47.1 Å². The Balaban J connectivity index is 2.03. The molecule has 0 saturated heterocycles. The van der Waals surface area contributed by atoms with E-state index in [2.05, 4.69) is 21.0 Å². The summed E-state index contributed by atoms with van der Waals surface area (Å²) in [4.78, 5) is 10.6. The molecule has 0 fully saturated rings. The first-order chi connectivity index (χ1) is 8.72. The Hall–Kier alpha value is -1.62. The number of hydrogen-bond acceptors (Lipinski definition) is 3. The zero-order chi connectivity index (χ0) is 13.0. The summed E-state index contributed by atoms with van der Waals surface area (Å²) < 4.78 is 8.26. The van der Waals surface area contributed by atoms with E-state index in [0.29, 0.717) is 17.9 Å². The SMILES string of the molecule is CCn1ccc(COc2ccc(C=O)cc2Br)n1. The Morgan fingerprint density at radius 2 is 2.28 bits per heavy atom. The number of carbonyl (C=O) groups excluding carboxylic acids is 1. The van der Waals surface area contributed by atoms with E-state index in [9.17, 15) is 4.79 Å². The van der Waals surface area contributed by atoms with Crippen molar-refractivity contribution in [1.29, 1.82) is 0 Å². The van der Waals surface area contributed by atoms with Crippen LogP contribution in [-0.2, 0) is 13.2 Å². The summed E-state index contributed by atoms with van der Waals surface area (Å²) in [5.74, 6) is 0.701. The fourth-order valence-electron chi connectivity index (χ4n) is 1.52. The lowest BCUT2D eigenvalue weighted by Gasteiger charge is -2.06. The molecule has 0 unspecified atom stereocenters. The van der Waals surface area contributed by atoms with Gasteiger partial charge in [0.05, 0.1) is 10.2 Å². The molecule has 94 valence electrons. The predicted octanol–water partition coefficient (Wildman–Crippen LogP) is 3.06. The predicted molar refractivity (Wildman–Crippen MR) is 71.8 cm³/mol. The third-order valence-corrected chi connectivity index (χ3v) is 3.11. The first kappa shape index (κ1) is 12.8. The number of carbonyl (C=O) groups is 1. The lowest BCUT2D eigenvalue weighted by Crippen LogP contribution is -2.00. The van der Waals surface area contributed by atoms with Crippen LogP contribution in [0.2, 0.25) is 0 Å². The van der Waals surface area contributed by atoms with E-state index in [0.717, 1.165) is 23.0 Å². The molecule has 0 amide bonds. The molecule has 4 nitrogen and oxygen atoms in total. The molecule has 1 aromatic heterocycles. The zero-order valence-electron chi connectivity index (χ0n) is 9.97. The largest absolute Gasteiger partial charge is 0.486 e. The highest BCUT2D eigenvalue weighted by atomic mass is 79.9. The minimum Gasteiger partial charge on any atom is -0.486 e. The summed E-state index contributed by atoms with van der Waals surface area (Å²) in [6.07, 6.45) is 2.72. The van der Waals surface area contributed by atoms with Gasteiger partial charge in [-0.1, -0.05) is 0 Å². The standard InChI is InChI=1S/C13H13BrN2O2/c1-2-16-6-5-11(15-16)9-18-13-4-3-10(8-17)7-12(13)14/h3-8H,2,9H2,1H3. The number of halogens is 1. The Morgan fingerprint density at radius 1 is 1.44 bits per heavy atom. The van der Waals surface area contributed by atoms with Gasteiger partial charge in [0.1, 0.15) is 18.6 Å². The average molecular weight is 309 g/mol. The van der Waals surface area contributed by atoms with Crippen molar-refractivity contribution < 1.29 is 9.53 Å². The van der Waals surface area contributed by atoms with Crippen molar-refractivity contribution in [3.8, 4) is 5.75 Å². The van der Waals surface area contributed by atoms with E-state index in [1.54, 1.807) is 18.2 Å². The van der Waals surface area contributed by atoms with Gasteiger partial charge in [0.2, 0.25) is 0 Å². The maximum atomic E-state index is 10.6. The van der Waals surface area contributed by atoms with E-state index in [1.807, 2.05) is 23.9 Å².